The molecule has 0 saturated heterocycles. The summed E-state index contributed by atoms with van der Waals surface area (Å²) in [5, 5.41) is 3.19. The van der Waals surface area contributed by atoms with Crippen molar-refractivity contribution in [2.75, 3.05) is 13.2 Å². The van der Waals surface area contributed by atoms with Crippen LogP contribution in [-0.2, 0) is 9.53 Å². The molecule has 20 heavy (non-hydrogen) atoms. The molecule has 0 spiro atoms. The van der Waals surface area contributed by atoms with Crippen molar-refractivity contribution >= 4 is 5.91 Å². The van der Waals surface area contributed by atoms with Crippen LogP contribution in [0, 0.1) is 5.92 Å². The highest BCUT2D eigenvalue weighted by Gasteiger charge is 2.28. The minimum Gasteiger partial charge on any atom is -0.378 e. The van der Waals surface area contributed by atoms with Crippen molar-refractivity contribution in [1.29, 1.82) is 0 Å². The van der Waals surface area contributed by atoms with Gasteiger partial charge in [0.2, 0.25) is 5.91 Å². The number of hydrogen-bond acceptors (Lipinski definition) is 3. The van der Waals surface area contributed by atoms with Gasteiger partial charge in [-0.05, 0) is 64.3 Å². The normalized spacial score (nSPS) is 26.1. The highest BCUT2D eigenvalue weighted by atomic mass is 16.5. The molecule has 1 fully saturated rings. The van der Waals surface area contributed by atoms with E-state index in [1.807, 2.05) is 13.8 Å². The van der Waals surface area contributed by atoms with Crippen LogP contribution in [0.2, 0.25) is 0 Å². The molecule has 3 N–H and O–H groups in total. The average Bonchev–Trinajstić information content (AvgIpc) is 2.40. The maximum absolute atomic E-state index is 11.5. The number of likely N-dealkylation sites (N-methyl/N-ethyl adjacent to an activating group) is 1. The zero-order valence-electron chi connectivity index (χ0n) is 13.4. The molecule has 1 aliphatic rings. The Morgan fingerprint density at radius 3 is 2.50 bits per heavy atom. The van der Waals surface area contributed by atoms with Gasteiger partial charge in [-0.3, -0.25) is 4.79 Å². The van der Waals surface area contributed by atoms with E-state index in [9.17, 15) is 4.79 Å². The molecule has 0 aliphatic heterocycles. The number of amides is 1. The van der Waals surface area contributed by atoms with Gasteiger partial charge in [0.25, 0.3) is 0 Å². The van der Waals surface area contributed by atoms with Crippen LogP contribution in [0.25, 0.3) is 0 Å². The average molecular weight is 284 g/mol. The van der Waals surface area contributed by atoms with E-state index < -0.39 is 5.54 Å². The molecule has 1 amide bonds. The fraction of sp³-hybridized carbons (Fsp3) is 0.938. The van der Waals surface area contributed by atoms with Gasteiger partial charge in [-0.25, -0.2) is 0 Å². The molecule has 118 valence electrons. The molecular weight excluding hydrogens is 252 g/mol. The fourth-order valence-corrected chi connectivity index (χ4v) is 2.92. The van der Waals surface area contributed by atoms with Gasteiger partial charge in [-0.1, -0.05) is 13.8 Å². The van der Waals surface area contributed by atoms with Crippen LogP contribution in [0.4, 0.5) is 0 Å². The molecule has 0 bridgehead atoms. The molecule has 0 aromatic carbocycles. The number of nitrogens with two attached hydrogens (primary N) is 1. The molecule has 0 aromatic rings. The number of ether oxygens (including phenoxy) is 1. The lowest BCUT2D eigenvalue weighted by atomic mass is 9.89. The highest BCUT2D eigenvalue weighted by Crippen LogP contribution is 2.25. The second-order valence-electron chi connectivity index (χ2n) is 6.44. The van der Waals surface area contributed by atoms with E-state index >= 15 is 0 Å². The van der Waals surface area contributed by atoms with Crippen molar-refractivity contribution < 1.29 is 9.53 Å². The second kappa shape index (κ2) is 8.63. The zero-order chi connectivity index (χ0) is 15.0. The van der Waals surface area contributed by atoms with Crippen molar-refractivity contribution in [3.05, 3.63) is 0 Å². The lowest BCUT2D eigenvalue weighted by molar-refractivity contribution is -0.124. The van der Waals surface area contributed by atoms with Gasteiger partial charge in [0, 0.05) is 6.61 Å². The second-order valence-corrected chi connectivity index (χ2v) is 6.44. The maximum Gasteiger partial charge on any atom is 0.237 e. The van der Waals surface area contributed by atoms with Crippen LogP contribution in [0.1, 0.15) is 65.7 Å². The van der Waals surface area contributed by atoms with E-state index in [-0.39, 0.29) is 5.91 Å². The van der Waals surface area contributed by atoms with E-state index in [4.69, 9.17) is 10.5 Å². The van der Waals surface area contributed by atoms with E-state index in [1.165, 1.54) is 25.7 Å². The molecule has 0 aromatic heterocycles. The van der Waals surface area contributed by atoms with Crippen LogP contribution < -0.4 is 11.1 Å². The van der Waals surface area contributed by atoms with Gasteiger partial charge >= 0.3 is 0 Å². The Kier molecular flexibility index (Phi) is 7.52. The summed E-state index contributed by atoms with van der Waals surface area (Å²) >= 11 is 0. The summed E-state index contributed by atoms with van der Waals surface area (Å²) < 4.78 is 5.93. The Hall–Kier alpha value is -0.610. The predicted molar refractivity (Wildman–Crippen MR) is 82.5 cm³/mol. The monoisotopic (exact) mass is 284 g/mol. The Morgan fingerprint density at radius 2 is 1.95 bits per heavy atom. The molecule has 1 saturated carbocycles. The largest absolute Gasteiger partial charge is 0.378 e. The van der Waals surface area contributed by atoms with Crippen LogP contribution >= 0.6 is 0 Å². The highest BCUT2D eigenvalue weighted by molar-refractivity contribution is 5.84. The summed E-state index contributed by atoms with van der Waals surface area (Å²) in [6.45, 7) is 7.77. The van der Waals surface area contributed by atoms with Gasteiger partial charge < -0.3 is 15.8 Å². The minimum absolute atomic E-state index is 0.262. The molecule has 0 heterocycles. The molecule has 1 unspecified atom stereocenters. The van der Waals surface area contributed by atoms with Crippen LogP contribution in [0.5, 0.6) is 0 Å². The molecule has 4 nitrogen and oxygen atoms in total. The molecular formula is C16H32N2O2. The van der Waals surface area contributed by atoms with E-state index in [1.54, 1.807) is 0 Å². The standard InChI is InChI=1S/C16H32N2O2/c1-4-18-16(3,15(17)19)11-5-6-12-20-14-9-7-13(2)8-10-14/h13-14,18H,4-12H2,1-3H3,(H2,17,19). The van der Waals surface area contributed by atoms with Crippen molar-refractivity contribution in [1.82, 2.24) is 5.32 Å². The van der Waals surface area contributed by atoms with Crippen molar-refractivity contribution in [2.24, 2.45) is 11.7 Å². The third kappa shape index (κ3) is 5.80. The lowest BCUT2D eigenvalue weighted by Crippen LogP contribution is -2.53. The maximum atomic E-state index is 11.5. The van der Waals surface area contributed by atoms with E-state index in [0.29, 0.717) is 6.10 Å². The van der Waals surface area contributed by atoms with Crippen molar-refractivity contribution in [2.45, 2.75) is 77.4 Å². The predicted octanol–water partition coefficient (Wildman–Crippen LogP) is 2.61. The first-order valence-electron chi connectivity index (χ1n) is 8.14. The number of rotatable bonds is 9. The molecule has 1 atom stereocenters. The molecule has 1 rings (SSSR count). The summed E-state index contributed by atoms with van der Waals surface area (Å²) in [6, 6.07) is 0. The molecule has 1 aliphatic carbocycles. The Balaban J connectivity index is 2.13. The first-order valence-corrected chi connectivity index (χ1v) is 8.14. The lowest BCUT2D eigenvalue weighted by Gasteiger charge is -2.28. The smallest absolute Gasteiger partial charge is 0.237 e. The number of nitrogens with one attached hydrogen (secondary N) is 1. The van der Waals surface area contributed by atoms with Gasteiger partial charge in [-0.15, -0.1) is 0 Å². The topological polar surface area (TPSA) is 64.3 Å². The van der Waals surface area contributed by atoms with E-state index in [2.05, 4.69) is 12.2 Å². The Labute approximate surface area is 123 Å². The summed E-state index contributed by atoms with van der Waals surface area (Å²) in [5.74, 6) is 0.604. The summed E-state index contributed by atoms with van der Waals surface area (Å²) in [7, 11) is 0. The van der Waals surface area contributed by atoms with E-state index in [0.717, 1.165) is 38.3 Å². The van der Waals surface area contributed by atoms with Crippen LogP contribution in [0.15, 0.2) is 0 Å². The van der Waals surface area contributed by atoms with Crippen LogP contribution in [0.3, 0.4) is 0 Å². The Bertz CT molecular complexity index is 288. The fourth-order valence-electron chi connectivity index (χ4n) is 2.92. The first-order chi connectivity index (χ1) is 9.48. The van der Waals surface area contributed by atoms with Crippen molar-refractivity contribution in [3.8, 4) is 0 Å². The number of primary amides is 1. The third-order valence-electron chi connectivity index (χ3n) is 4.50. The summed E-state index contributed by atoms with van der Waals surface area (Å²) in [5.41, 5.74) is 4.89. The number of hydrogen-bond donors (Lipinski definition) is 2. The number of carbonyl (C=O) groups is 1. The zero-order valence-corrected chi connectivity index (χ0v) is 13.4. The quantitative estimate of drug-likeness (QED) is 0.640. The van der Waals surface area contributed by atoms with Gasteiger partial charge in [0.15, 0.2) is 0 Å². The minimum atomic E-state index is -0.574. The summed E-state index contributed by atoms with van der Waals surface area (Å²) in [4.78, 5) is 11.5. The Morgan fingerprint density at radius 1 is 1.30 bits per heavy atom. The molecule has 4 heteroatoms. The third-order valence-corrected chi connectivity index (χ3v) is 4.50. The van der Waals surface area contributed by atoms with Gasteiger partial charge in [-0.2, -0.15) is 0 Å². The first kappa shape index (κ1) is 17.4. The number of carbonyl (C=O) groups excluding carboxylic acids is 1. The molecule has 0 radical (unpaired) electrons. The SMILES string of the molecule is CCNC(C)(CCCCOC1CCC(C)CC1)C(N)=O. The van der Waals surface area contributed by atoms with Gasteiger partial charge in [0.1, 0.15) is 0 Å². The number of unbranched alkanes of at least 4 members (excludes halogenated alkanes) is 1. The van der Waals surface area contributed by atoms with Crippen molar-refractivity contribution in [3.63, 3.8) is 0 Å². The van der Waals surface area contributed by atoms with Gasteiger partial charge in [0.05, 0.1) is 11.6 Å². The van der Waals surface area contributed by atoms with Crippen LogP contribution in [-0.4, -0.2) is 30.7 Å². The summed E-state index contributed by atoms with van der Waals surface area (Å²) in [6.07, 6.45) is 8.21.